The molecule has 3 heterocycles. The van der Waals surface area contributed by atoms with E-state index >= 15 is 0 Å². The number of aromatic amines is 1. The van der Waals surface area contributed by atoms with Gasteiger partial charge in [-0.15, -0.1) is 0 Å². The zero-order chi connectivity index (χ0) is 19.8. The maximum Gasteiger partial charge on any atom is 0.273 e. The van der Waals surface area contributed by atoms with Crippen molar-refractivity contribution in [3.05, 3.63) is 107 Å². The van der Waals surface area contributed by atoms with E-state index in [0.717, 1.165) is 27.9 Å². The molecule has 1 amide bonds. The second kappa shape index (κ2) is 7.18. The summed E-state index contributed by atoms with van der Waals surface area (Å²) in [5, 5.41) is 8.09. The third-order valence-corrected chi connectivity index (χ3v) is 5.39. The van der Waals surface area contributed by atoms with E-state index in [0.29, 0.717) is 17.3 Å². The molecule has 2 aromatic heterocycles. The second-order valence-corrected chi connectivity index (χ2v) is 7.42. The van der Waals surface area contributed by atoms with Crippen LogP contribution in [0.25, 0.3) is 11.3 Å². The van der Waals surface area contributed by atoms with Crippen molar-refractivity contribution >= 4 is 17.5 Å². The Morgan fingerprint density at radius 1 is 1.03 bits per heavy atom. The number of nitrogens with zero attached hydrogens (tertiary/aromatic N) is 3. The lowest BCUT2D eigenvalue weighted by Crippen LogP contribution is -2.29. The minimum absolute atomic E-state index is 0.0801. The normalized spacial score (nSPS) is 15.6. The molecule has 0 aliphatic carbocycles. The molecule has 0 spiro atoms. The molecule has 1 unspecified atom stereocenters. The van der Waals surface area contributed by atoms with E-state index in [1.807, 2.05) is 71.6 Å². The van der Waals surface area contributed by atoms with Gasteiger partial charge in [0.25, 0.3) is 5.91 Å². The zero-order valence-electron chi connectivity index (χ0n) is 15.4. The van der Waals surface area contributed by atoms with Gasteiger partial charge < -0.3 is 4.90 Å². The first-order valence-corrected chi connectivity index (χ1v) is 9.69. The molecule has 0 bridgehead atoms. The van der Waals surface area contributed by atoms with Crippen LogP contribution in [0.4, 0.5) is 0 Å². The number of H-pyrrole nitrogens is 1. The van der Waals surface area contributed by atoms with E-state index in [1.165, 1.54) is 0 Å². The number of carbonyl (C=O) groups is 1. The van der Waals surface area contributed by atoms with E-state index in [2.05, 4.69) is 15.2 Å². The fourth-order valence-corrected chi connectivity index (χ4v) is 4.09. The third-order valence-electron chi connectivity index (χ3n) is 5.15. The van der Waals surface area contributed by atoms with Gasteiger partial charge >= 0.3 is 0 Å². The average molecular weight is 401 g/mol. The first-order valence-electron chi connectivity index (χ1n) is 9.31. The van der Waals surface area contributed by atoms with Crippen LogP contribution in [-0.4, -0.2) is 26.0 Å². The summed E-state index contributed by atoms with van der Waals surface area (Å²) in [5.41, 5.74) is 5.07. The fraction of sp³-hybridized carbons (Fsp3) is 0.0870. The van der Waals surface area contributed by atoms with Crippen molar-refractivity contribution in [2.24, 2.45) is 0 Å². The number of nitrogens with one attached hydrogen (secondary N) is 1. The highest BCUT2D eigenvalue weighted by atomic mass is 35.5. The summed E-state index contributed by atoms with van der Waals surface area (Å²) >= 11 is 6.29. The van der Waals surface area contributed by atoms with E-state index in [9.17, 15) is 4.79 Å². The number of rotatable bonds is 4. The largest absolute Gasteiger partial charge is 0.322 e. The van der Waals surface area contributed by atoms with Crippen molar-refractivity contribution in [3.63, 3.8) is 0 Å². The number of hydrogen-bond donors (Lipinski definition) is 1. The maximum atomic E-state index is 13.3. The second-order valence-electron chi connectivity index (χ2n) is 6.98. The predicted molar refractivity (Wildman–Crippen MR) is 111 cm³/mol. The molecule has 1 aliphatic rings. The Hall–Kier alpha value is -3.44. The molecule has 5 nitrogen and oxygen atoms in total. The summed E-state index contributed by atoms with van der Waals surface area (Å²) < 4.78 is 0. The standard InChI is InChI=1S/C23H17ClN4O/c24-18-10-4-9-17(12-18)22-19-20(16-7-2-1-3-8-16)26-27-21(19)23(29)28(22)14-15-6-5-11-25-13-15/h1-13,22H,14H2,(H,26,27). The number of hydrogen-bond acceptors (Lipinski definition) is 3. The molecule has 142 valence electrons. The molecule has 29 heavy (non-hydrogen) atoms. The number of halogens is 1. The third kappa shape index (κ3) is 3.09. The summed E-state index contributed by atoms with van der Waals surface area (Å²) in [6, 6.07) is 21.1. The highest BCUT2D eigenvalue weighted by Crippen LogP contribution is 2.43. The Morgan fingerprint density at radius 3 is 2.66 bits per heavy atom. The van der Waals surface area contributed by atoms with Crippen molar-refractivity contribution in [3.8, 4) is 11.3 Å². The van der Waals surface area contributed by atoms with E-state index in [4.69, 9.17) is 11.6 Å². The molecular weight excluding hydrogens is 384 g/mol. The summed E-state index contributed by atoms with van der Waals surface area (Å²) in [4.78, 5) is 19.3. The fourth-order valence-electron chi connectivity index (χ4n) is 3.89. The molecule has 0 fully saturated rings. The Labute approximate surface area is 173 Å². The van der Waals surface area contributed by atoms with Crippen molar-refractivity contribution in [2.45, 2.75) is 12.6 Å². The molecule has 6 heteroatoms. The number of pyridine rings is 1. The van der Waals surface area contributed by atoms with Crippen molar-refractivity contribution in [1.82, 2.24) is 20.1 Å². The van der Waals surface area contributed by atoms with Gasteiger partial charge in [-0.25, -0.2) is 0 Å². The van der Waals surface area contributed by atoms with Gasteiger partial charge in [0, 0.05) is 35.1 Å². The van der Waals surface area contributed by atoms with Crippen LogP contribution in [0.5, 0.6) is 0 Å². The molecule has 1 N–H and O–H groups in total. The van der Waals surface area contributed by atoms with Gasteiger partial charge in [0.2, 0.25) is 0 Å². The molecule has 0 saturated heterocycles. The van der Waals surface area contributed by atoms with Crippen LogP contribution in [0.2, 0.25) is 5.02 Å². The van der Waals surface area contributed by atoms with Gasteiger partial charge in [0.05, 0.1) is 11.7 Å². The summed E-state index contributed by atoms with van der Waals surface area (Å²) in [6.07, 6.45) is 3.51. The van der Waals surface area contributed by atoms with Crippen LogP contribution in [-0.2, 0) is 6.54 Å². The van der Waals surface area contributed by atoms with Gasteiger partial charge in [-0.05, 0) is 29.3 Å². The predicted octanol–water partition coefficient (Wildman–Crippen LogP) is 4.87. The number of fused-ring (bicyclic) bond motifs is 1. The molecule has 1 aliphatic heterocycles. The van der Waals surface area contributed by atoms with Gasteiger partial charge in [-0.3, -0.25) is 14.9 Å². The molecular formula is C23H17ClN4O. The summed E-state index contributed by atoms with van der Waals surface area (Å²) in [7, 11) is 0. The number of benzene rings is 2. The molecule has 1 atom stereocenters. The maximum absolute atomic E-state index is 13.3. The van der Waals surface area contributed by atoms with Crippen LogP contribution in [0.1, 0.15) is 33.2 Å². The van der Waals surface area contributed by atoms with E-state index in [-0.39, 0.29) is 11.9 Å². The topological polar surface area (TPSA) is 61.9 Å². The van der Waals surface area contributed by atoms with Crippen LogP contribution in [0.15, 0.2) is 79.1 Å². The lowest BCUT2D eigenvalue weighted by Gasteiger charge is -2.26. The number of aromatic nitrogens is 3. The van der Waals surface area contributed by atoms with Gasteiger partial charge in [0.15, 0.2) is 0 Å². The molecule has 0 saturated carbocycles. The summed E-state index contributed by atoms with van der Waals surface area (Å²) in [5.74, 6) is -0.0801. The summed E-state index contributed by atoms with van der Waals surface area (Å²) in [6.45, 7) is 0.445. The quantitative estimate of drug-likeness (QED) is 0.531. The minimum Gasteiger partial charge on any atom is -0.322 e. The molecule has 5 rings (SSSR count). The average Bonchev–Trinajstić information content (AvgIpc) is 3.29. The Balaban J connectivity index is 1.66. The highest BCUT2D eigenvalue weighted by Gasteiger charge is 2.42. The first kappa shape index (κ1) is 17.6. The monoisotopic (exact) mass is 400 g/mol. The SMILES string of the molecule is O=C1c2[nH]nc(-c3ccccc3)c2C(c2cccc(Cl)c2)N1Cc1cccnc1. The van der Waals surface area contributed by atoms with Gasteiger partial charge in [0.1, 0.15) is 5.69 Å². The first-order chi connectivity index (χ1) is 14.2. The van der Waals surface area contributed by atoms with Crippen molar-refractivity contribution in [2.75, 3.05) is 0 Å². The smallest absolute Gasteiger partial charge is 0.273 e. The van der Waals surface area contributed by atoms with Crippen LogP contribution < -0.4 is 0 Å². The Kier molecular flexibility index (Phi) is 4.37. The number of carbonyl (C=O) groups excluding carboxylic acids is 1. The molecule has 0 radical (unpaired) electrons. The van der Waals surface area contributed by atoms with Crippen LogP contribution in [0, 0.1) is 0 Å². The van der Waals surface area contributed by atoms with Crippen molar-refractivity contribution in [1.29, 1.82) is 0 Å². The zero-order valence-corrected chi connectivity index (χ0v) is 16.2. The van der Waals surface area contributed by atoms with E-state index in [1.54, 1.807) is 12.4 Å². The molecule has 4 aromatic rings. The Bertz CT molecular complexity index is 1170. The van der Waals surface area contributed by atoms with Gasteiger partial charge in [-0.2, -0.15) is 5.10 Å². The molecule has 2 aromatic carbocycles. The van der Waals surface area contributed by atoms with Crippen LogP contribution in [0.3, 0.4) is 0 Å². The van der Waals surface area contributed by atoms with Crippen LogP contribution >= 0.6 is 11.6 Å². The number of amides is 1. The minimum atomic E-state index is -0.287. The lowest BCUT2D eigenvalue weighted by atomic mass is 9.96. The Morgan fingerprint density at radius 2 is 1.90 bits per heavy atom. The van der Waals surface area contributed by atoms with Crippen molar-refractivity contribution < 1.29 is 4.79 Å². The van der Waals surface area contributed by atoms with E-state index < -0.39 is 0 Å². The lowest BCUT2D eigenvalue weighted by molar-refractivity contribution is 0.0730. The highest BCUT2D eigenvalue weighted by molar-refractivity contribution is 6.30. The van der Waals surface area contributed by atoms with Gasteiger partial charge in [-0.1, -0.05) is 60.1 Å².